The number of hydrogen-bond acceptors (Lipinski definition) is 6. The van der Waals surface area contributed by atoms with Gasteiger partial charge >= 0.3 is 11.7 Å². The second-order valence-electron chi connectivity index (χ2n) is 9.63. The SMILES string of the molecule is CCOC(=O)C1=C(c2ccccc2)N=c2s/c(=C/c3ccc4c(c3)n(C)c(=O)n4C)c(=O)n2[C@@H]1c1ccc(Cl)cc1. The topological polar surface area (TPSA) is 87.6 Å². The van der Waals surface area contributed by atoms with Gasteiger partial charge in [0.15, 0.2) is 4.80 Å². The quantitative estimate of drug-likeness (QED) is 0.294. The molecule has 0 saturated heterocycles. The average molecular weight is 585 g/mol. The zero-order valence-corrected chi connectivity index (χ0v) is 24.1. The van der Waals surface area contributed by atoms with E-state index >= 15 is 0 Å². The highest BCUT2D eigenvalue weighted by molar-refractivity contribution is 7.07. The maximum Gasteiger partial charge on any atom is 0.338 e. The van der Waals surface area contributed by atoms with Crippen molar-refractivity contribution in [2.24, 2.45) is 19.1 Å². The van der Waals surface area contributed by atoms with Gasteiger partial charge in [-0.15, -0.1) is 0 Å². The van der Waals surface area contributed by atoms with Crippen molar-refractivity contribution in [1.82, 2.24) is 13.7 Å². The number of aromatic nitrogens is 3. The van der Waals surface area contributed by atoms with Crippen molar-refractivity contribution in [2.75, 3.05) is 6.61 Å². The number of ether oxygens (including phenoxy) is 1. The van der Waals surface area contributed by atoms with Crippen LogP contribution >= 0.6 is 22.9 Å². The van der Waals surface area contributed by atoms with Crippen LogP contribution in [0.2, 0.25) is 5.02 Å². The van der Waals surface area contributed by atoms with Gasteiger partial charge in [0.05, 0.1) is 39.5 Å². The van der Waals surface area contributed by atoms with Crippen LogP contribution in [0.4, 0.5) is 0 Å². The molecule has 41 heavy (non-hydrogen) atoms. The molecule has 5 aromatic rings. The van der Waals surface area contributed by atoms with Gasteiger partial charge < -0.3 is 4.74 Å². The molecule has 206 valence electrons. The molecule has 8 nitrogen and oxygen atoms in total. The highest BCUT2D eigenvalue weighted by Crippen LogP contribution is 2.35. The van der Waals surface area contributed by atoms with Crippen LogP contribution in [0.5, 0.6) is 0 Å². The highest BCUT2D eigenvalue weighted by Gasteiger charge is 2.35. The number of rotatable bonds is 5. The highest BCUT2D eigenvalue weighted by atomic mass is 35.5. The molecule has 0 N–H and O–H groups in total. The Morgan fingerprint density at radius 3 is 2.41 bits per heavy atom. The summed E-state index contributed by atoms with van der Waals surface area (Å²) in [5.74, 6) is -0.542. The Morgan fingerprint density at radius 1 is 1.00 bits per heavy atom. The van der Waals surface area contributed by atoms with Crippen molar-refractivity contribution >= 4 is 51.7 Å². The number of esters is 1. The van der Waals surface area contributed by atoms with Gasteiger partial charge in [-0.05, 0) is 48.4 Å². The Balaban J connectivity index is 1.63. The number of hydrogen-bond donors (Lipinski definition) is 0. The molecule has 0 radical (unpaired) electrons. The van der Waals surface area contributed by atoms with Gasteiger partial charge in [0, 0.05) is 24.7 Å². The van der Waals surface area contributed by atoms with E-state index in [1.165, 1.54) is 11.3 Å². The molecular weight excluding hydrogens is 560 g/mol. The molecule has 0 saturated carbocycles. The van der Waals surface area contributed by atoms with Gasteiger partial charge in [-0.2, -0.15) is 0 Å². The summed E-state index contributed by atoms with van der Waals surface area (Å²) in [5, 5.41) is 0.539. The van der Waals surface area contributed by atoms with Crippen molar-refractivity contribution in [3.8, 4) is 0 Å². The van der Waals surface area contributed by atoms with Gasteiger partial charge in [0.2, 0.25) is 0 Å². The molecule has 3 aromatic carbocycles. The maximum absolute atomic E-state index is 14.0. The molecule has 3 heterocycles. The number of carbonyl (C=O) groups is 1. The zero-order valence-electron chi connectivity index (χ0n) is 22.5. The molecule has 1 aliphatic heterocycles. The fourth-order valence-corrected chi connectivity index (χ4v) is 6.29. The zero-order chi connectivity index (χ0) is 28.8. The first-order chi connectivity index (χ1) is 19.8. The van der Waals surface area contributed by atoms with Crippen LogP contribution in [0.3, 0.4) is 0 Å². The summed E-state index contributed by atoms with van der Waals surface area (Å²) in [7, 11) is 3.45. The standard InChI is InChI=1S/C31H25ClN4O4S/c1-4-40-29(38)25-26(19-8-6-5-7-9-19)33-30-36(27(25)20-11-13-21(32)14-12-20)28(37)24(41-30)17-18-10-15-22-23(16-18)35(3)31(39)34(22)2/h5-17,27H,4H2,1-3H3/b24-17+/t27-/m1/s1. The number of aryl methyl sites for hydroxylation is 2. The monoisotopic (exact) mass is 584 g/mol. The summed E-state index contributed by atoms with van der Waals surface area (Å²) < 4.78 is 10.7. The van der Waals surface area contributed by atoms with E-state index in [4.69, 9.17) is 21.3 Å². The van der Waals surface area contributed by atoms with Gasteiger partial charge in [0.25, 0.3) is 5.56 Å². The minimum absolute atomic E-state index is 0.126. The van der Waals surface area contributed by atoms with Crippen LogP contribution in [0.15, 0.2) is 93.0 Å². The molecule has 0 aliphatic carbocycles. The van der Waals surface area contributed by atoms with E-state index in [1.54, 1.807) is 65.1 Å². The normalized spacial score (nSPS) is 15.2. The lowest BCUT2D eigenvalue weighted by molar-refractivity contribution is -0.138. The van der Waals surface area contributed by atoms with Crippen LogP contribution in [0.25, 0.3) is 22.8 Å². The van der Waals surface area contributed by atoms with Crippen molar-refractivity contribution in [3.05, 3.63) is 130 Å². The summed E-state index contributed by atoms with van der Waals surface area (Å²) in [6.07, 6.45) is 1.79. The fraction of sp³-hybridized carbons (Fsp3) is 0.161. The van der Waals surface area contributed by atoms with E-state index in [9.17, 15) is 14.4 Å². The molecule has 0 unspecified atom stereocenters. The van der Waals surface area contributed by atoms with E-state index in [-0.39, 0.29) is 23.4 Å². The van der Waals surface area contributed by atoms with E-state index in [0.717, 1.165) is 22.2 Å². The van der Waals surface area contributed by atoms with E-state index in [0.29, 0.717) is 25.6 Å². The lowest BCUT2D eigenvalue weighted by atomic mass is 9.93. The maximum atomic E-state index is 14.0. The molecule has 0 fully saturated rings. The molecule has 6 rings (SSSR count). The third-order valence-electron chi connectivity index (χ3n) is 7.15. The first-order valence-electron chi connectivity index (χ1n) is 13.0. The molecule has 1 aliphatic rings. The van der Waals surface area contributed by atoms with E-state index < -0.39 is 12.0 Å². The van der Waals surface area contributed by atoms with Crippen LogP contribution in [0.1, 0.15) is 29.7 Å². The largest absolute Gasteiger partial charge is 0.463 e. The van der Waals surface area contributed by atoms with Crippen molar-refractivity contribution < 1.29 is 9.53 Å². The smallest absolute Gasteiger partial charge is 0.338 e. The third kappa shape index (κ3) is 4.57. The predicted octanol–water partition coefficient (Wildman–Crippen LogP) is 3.78. The molecule has 10 heteroatoms. The first kappa shape index (κ1) is 26.7. The summed E-state index contributed by atoms with van der Waals surface area (Å²) in [4.78, 5) is 45.3. The van der Waals surface area contributed by atoms with Crippen LogP contribution in [0, 0.1) is 0 Å². The second kappa shape index (κ2) is 10.5. The predicted molar refractivity (Wildman–Crippen MR) is 161 cm³/mol. The molecule has 0 amide bonds. The number of imidazole rings is 1. The second-order valence-corrected chi connectivity index (χ2v) is 11.1. The fourth-order valence-electron chi connectivity index (χ4n) is 5.17. The number of nitrogens with zero attached hydrogens (tertiary/aromatic N) is 4. The third-order valence-corrected chi connectivity index (χ3v) is 8.39. The average Bonchev–Trinajstić information content (AvgIpc) is 3.40. The Kier molecular flexibility index (Phi) is 6.84. The van der Waals surface area contributed by atoms with Gasteiger partial charge in [-0.1, -0.05) is 71.5 Å². The molecule has 1 atom stereocenters. The molecule has 0 bridgehead atoms. The Hall–Kier alpha value is -4.47. The van der Waals surface area contributed by atoms with Crippen LogP contribution < -0.4 is 20.6 Å². The molecule has 0 spiro atoms. The van der Waals surface area contributed by atoms with E-state index in [2.05, 4.69) is 0 Å². The van der Waals surface area contributed by atoms with Gasteiger partial charge in [-0.3, -0.25) is 18.5 Å². The minimum atomic E-state index is -0.780. The minimum Gasteiger partial charge on any atom is -0.463 e. The lowest BCUT2D eigenvalue weighted by Gasteiger charge is -2.25. The Bertz CT molecular complexity index is 2100. The molecule has 2 aromatic heterocycles. The first-order valence-corrected chi connectivity index (χ1v) is 14.2. The summed E-state index contributed by atoms with van der Waals surface area (Å²) >= 11 is 7.44. The van der Waals surface area contributed by atoms with Gasteiger partial charge in [0.1, 0.15) is 0 Å². The van der Waals surface area contributed by atoms with E-state index in [1.807, 2.05) is 48.5 Å². The Morgan fingerprint density at radius 2 is 1.71 bits per heavy atom. The van der Waals surface area contributed by atoms with Crippen LogP contribution in [-0.4, -0.2) is 26.3 Å². The number of fused-ring (bicyclic) bond motifs is 2. The summed E-state index contributed by atoms with van der Waals surface area (Å²) in [5.41, 5.74) is 4.08. The Labute approximate surface area is 243 Å². The number of carbonyl (C=O) groups excluding carboxylic acids is 1. The van der Waals surface area contributed by atoms with Crippen molar-refractivity contribution in [2.45, 2.75) is 13.0 Å². The summed E-state index contributed by atoms with van der Waals surface area (Å²) in [6.45, 7) is 1.92. The number of thiazole rings is 1. The van der Waals surface area contributed by atoms with Crippen LogP contribution in [-0.2, 0) is 23.6 Å². The molecular formula is C31H25ClN4O4S. The number of halogens is 1. The van der Waals surface area contributed by atoms with Gasteiger partial charge in [-0.25, -0.2) is 14.6 Å². The number of benzene rings is 3. The van der Waals surface area contributed by atoms with Crippen molar-refractivity contribution in [3.63, 3.8) is 0 Å². The van der Waals surface area contributed by atoms with Crippen molar-refractivity contribution in [1.29, 1.82) is 0 Å². The lowest BCUT2D eigenvalue weighted by Crippen LogP contribution is -2.40. The summed E-state index contributed by atoms with van der Waals surface area (Å²) in [6, 6.07) is 21.3.